The third-order valence-corrected chi connectivity index (χ3v) is 3.72. The van der Waals surface area contributed by atoms with E-state index in [1.165, 1.54) is 6.20 Å². The molecule has 1 atom stereocenters. The fourth-order valence-corrected chi connectivity index (χ4v) is 2.49. The van der Waals surface area contributed by atoms with Crippen LogP contribution in [-0.2, 0) is 4.79 Å². The van der Waals surface area contributed by atoms with Gasteiger partial charge in [-0.05, 0) is 19.1 Å². The van der Waals surface area contributed by atoms with Crippen molar-refractivity contribution in [2.24, 2.45) is 5.10 Å². The summed E-state index contributed by atoms with van der Waals surface area (Å²) in [6.45, 7) is 1.64. The molecular weight excluding hydrogens is 297 g/mol. The number of halogens is 1. The molecule has 0 spiro atoms. The van der Waals surface area contributed by atoms with E-state index in [2.05, 4.69) is 20.9 Å². The van der Waals surface area contributed by atoms with E-state index in [4.69, 9.17) is 0 Å². The van der Waals surface area contributed by atoms with Gasteiger partial charge in [0.2, 0.25) is 5.95 Å². The van der Waals surface area contributed by atoms with Crippen LogP contribution in [0.2, 0.25) is 0 Å². The highest BCUT2D eigenvalue weighted by molar-refractivity contribution is 6.16. The number of carbonyl (C=O) groups is 1. The van der Waals surface area contributed by atoms with E-state index >= 15 is 0 Å². The van der Waals surface area contributed by atoms with E-state index in [1.807, 2.05) is 24.3 Å². The summed E-state index contributed by atoms with van der Waals surface area (Å²) >= 11 is 0. The maximum Gasteiger partial charge on any atom is 0.217 e. The van der Waals surface area contributed by atoms with Crippen LogP contribution in [0.15, 0.2) is 41.6 Å². The molecule has 118 valence electrons. The van der Waals surface area contributed by atoms with Crippen LogP contribution in [0.1, 0.15) is 11.1 Å². The molecule has 1 aliphatic rings. The van der Waals surface area contributed by atoms with Crippen LogP contribution in [0.5, 0.6) is 0 Å². The van der Waals surface area contributed by atoms with Gasteiger partial charge in [0.05, 0.1) is 17.1 Å². The number of aldehydes is 1. The second-order valence-electron chi connectivity index (χ2n) is 5.18. The Morgan fingerprint density at radius 3 is 2.91 bits per heavy atom. The number of para-hydroxylation sites is 1. The number of aromatic nitrogens is 1. The van der Waals surface area contributed by atoms with E-state index in [9.17, 15) is 9.18 Å². The van der Waals surface area contributed by atoms with Crippen LogP contribution < -0.4 is 15.9 Å². The van der Waals surface area contributed by atoms with Gasteiger partial charge in [-0.1, -0.05) is 18.2 Å². The Kier molecular flexibility index (Phi) is 4.03. The predicted octanol–water partition coefficient (Wildman–Crippen LogP) is 1.87. The second-order valence-corrected chi connectivity index (χ2v) is 5.18. The maximum atomic E-state index is 13.6. The van der Waals surface area contributed by atoms with Crippen molar-refractivity contribution in [3.8, 4) is 0 Å². The predicted molar refractivity (Wildman–Crippen MR) is 86.9 cm³/mol. The number of pyridine rings is 1. The summed E-state index contributed by atoms with van der Waals surface area (Å²) < 4.78 is 13.6. The molecule has 3 rings (SSSR count). The highest BCUT2D eigenvalue weighted by Crippen LogP contribution is 2.24. The van der Waals surface area contributed by atoms with Gasteiger partial charge in [-0.25, -0.2) is 10.4 Å². The Labute approximate surface area is 133 Å². The van der Waals surface area contributed by atoms with E-state index < -0.39 is 12.0 Å². The molecule has 1 aromatic heterocycles. The lowest BCUT2D eigenvalue weighted by Crippen LogP contribution is -2.47. The minimum absolute atomic E-state index is 0.400. The Balaban J connectivity index is 2.05. The van der Waals surface area contributed by atoms with Gasteiger partial charge in [-0.15, -0.1) is 0 Å². The third kappa shape index (κ3) is 2.78. The van der Waals surface area contributed by atoms with Gasteiger partial charge in [0.1, 0.15) is 12.3 Å². The minimum atomic E-state index is -0.598. The second kappa shape index (κ2) is 6.13. The lowest BCUT2D eigenvalue weighted by atomic mass is 10.0. The van der Waals surface area contributed by atoms with Crippen LogP contribution in [-0.4, -0.2) is 30.1 Å². The van der Waals surface area contributed by atoms with Crippen LogP contribution in [0, 0.1) is 12.9 Å². The molecule has 2 aromatic rings. The molecule has 7 heteroatoms. The number of nitrogens with one attached hydrogen (secondary N) is 2. The Bertz CT molecular complexity index is 777. The SMILES string of the molecule is Cc1c(N(C)/N=C2/c3ccccc3NNC2C=O)ccnc1F. The van der Waals surface area contributed by atoms with Gasteiger partial charge in [-0.2, -0.15) is 9.49 Å². The first-order valence-electron chi connectivity index (χ1n) is 7.11. The first kappa shape index (κ1) is 15.1. The summed E-state index contributed by atoms with van der Waals surface area (Å²) in [5, 5.41) is 6.07. The van der Waals surface area contributed by atoms with Crippen molar-refractivity contribution in [2.75, 3.05) is 17.5 Å². The average molecular weight is 313 g/mol. The summed E-state index contributed by atoms with van der Waals surface area (Å²) in [5.74, 6) is -0.537. The number of nitrogens with zero attached hydrogens (tertiary/aromatic N) is 3. The summed E-state index contributed by atoms with van der Waals surface area (Å²) in [5.41, 5.74) is 9.08. The van der Waals surface area contributed by atoms with Crippen molar-refractivity contribution < 1.29 is 9.18 Å². The number of benzene rings is 1. The van der Waals surface area contributed by atoms with E-state index in [1.54, 1.807) is 25.0 Å². The largest absolute Gasteiger partial charge is 0.320 e. The van der Waals surface area contributed by atoms with Crippen LogP contribution in [0.4, 0.5) is 15.8 Å². The molecule has 2 N–H and O–H groups in total. The molecule has 23 heavy (non-hydrogen) atoms. The molecule has 0 fully saturated rings. The zero-order valence-corrected chi connectivity index (χ0v) is 12.7. The molecule has 0 aliphatic carbocycles. The first-order valence-corrected chi connectivity index (χ1v) is 7.11. The number of anilines is 2. The van der Waals surface area contributed by atoms with Gasteiger partial charge >= 0.3 is 0 Å². The molecule has 0 saturated carbocycles. The Morgan fingerprint density at radius 2 is 2.13 bits per heavy atom. The van der Waals surface area contributed by atoms with Gasteiger partial charge in [0, 0.05) is 24.4 Å². The molecule has 1 aromatic carbocycles. The quantitative estimate of drug-likeness (QED) is 0.514. The lowest BCUT2D eigenvalue weighted by Gasteiger charge is -2.27. The number of carbonyl (C=O) groups excluding carboxylic acids is 1. The summed E-state index contributed by atoms with van der Waals surface area (Å²) in [4.78, 5) is 15.0. The number of hydrogen-bond acceptors (Lipinski definition) is 6. The first-order chi connectivity index (χ1) is 11.1. The van der Waals surface area contributed by atoms with Crippen molar-refractivity contribution >= 4 is 23.4 Å². The van der Waals surface area contributed by atoms with Gasteiger partial charge in [0.25, 0.3) is 0 Å². The molecule has 1 unspecified atom stereocenters. The highest BCUT2D eigenvalue weighted by Gasteiger charge is 2.25. The molecule has 2 heterocycles. The topological polar surface area (TPSA) is 69.6 Å². The summed E-state index contributed by atoms with van der Waals surface area (Å²) in [6.07, 6.45) is 2.16. The third-order valence-electron chi connectivity index (χ3n) is 3.72. The van der Waals surface area contributed by atoms with E-state index in [-0.39, 0.29) is 0 Å². The van der Waals surface area contributed by atoms with Crippen LogP contribution in [0.3, 0.4) is 0 Å². The molecule has 1 aliphatic heterocycles. The van der Waals surface area contributed by atoms with Crippen molar-refractivity contribution in [3.05, 3.63) is 53.6 Å². The molecule has 0 radical (unpaired) electrons. The Hall–Kier alpha value is -2.80. The van der Waals surface area contributed by atoms with E-state index in [0.29, 0.717) is 17.0 Å². The molecular formula is C16H16FN5O. The van der Waals surface area contributed by atoms with Crippen molar-refractivity contribution in [3.63, 3.8) is 0 Å². The summed E-state index contributed by atoms with van der Waals surface area (Å²) in [6, 6.07) is 8.61. The highest BCUT2D eigenvalue weighted by atomic mass is 19.1. The molecule has 0 bridgehead atoms. The van der Waals surface area contributed by atoms with Crippen molar-refractivity contribution in [2.45, 2.75) is 13.0 Å². The monoisotopic (exact) mass is 313 g/mol. The Morgan fingerprint density at radius 1 is 1.35 bits per heavy atom. The number of rotatable bonds is 3. The number of hydrazone groups is 1. The zero-order valence-electron chi connectivity index (χ0n) is 12.7. The normalized spacial score (nSPS) is 18.2. The summed E-state index contributed by atoms with van der Waals surface area (Å²) in [7, 11) is 1.71. The molecule has 6 nitrogen and oxygen atoms in total. The standard InChI is InChI=1S/C16H16FN5O/c1-10-14(7-8-18-16(10)17)22(2)21-15-11-5-3-4-6-12(11)19-20-13(15)9-23/h3-9,13,19-20H,1-2H3/b21-15-. The zero-order chi connectivity index (χ0) is 16.4. The van der Waals surface area contributed by atoms with Crippen molar-refractivity contribution in [1.29, 1.82) is 0 Å². The number of hydrazine groups is 1. The maximum absolute atomic E-state index is 13.6. The van der Waals surface area contributed by atoms with Gasteiger partial charge in [-0.3, -0.25) is 5.01 Å². The fourth-order valence-electron chi connectivity index (χ4n) is 2.49. The minimum Gasteiger partial charge on any atom is -0.320 e. The fraction of sp³-hybridized carbons (Fsp3) is 0.188. The van der Waals surface area contributed by atoms with Gasteiger partial charge < -0.3 is 10.2 Å². The van der Waals surface area contributed by atoms with Gasteiger partial charge in [0.15, 0.2) is 0 Å². The van der Waals surface area contributed by atoms with Crippen LogP contribution in [0.25, 0.3) is 0 Å². The van der Waals surface area contributed by atoms with Crippen LogP contribution >= 0.6 is 0 Å². The molecule has 0 saturated heterocycles. The molecule has 0 amide bonds. The number of fused-ring (bicyclic) bond motifs is 1. The average Bonchev–Trinajstić information content (AvgIpc) is 2.57. The lowest BCUT2D eigenvalue weighted by molar-refractivity contribution is -0.108. The van der Waals surface area contributed by atoms with Crippen molar-refractivity contribution in [1.82, 2.24) is 10.4 Å². The smallest absolute Gasteiger partial charge is 0.217 e. The van der Waals surface area contributed by atoms with E-state index in [0.717, 1.165) is 17.5 Å². The number of hydrogen-bond donors (Lipinski definition) is 2.